The van der Waals surface area contributed by atoms with Crippen LogP contribution >= 0.6 is 0 Å². The van der Waals surface area contributed by atoms with E-state index in [1.54, 1.807) is 0 Å². The minimum absolute atomic E-state index is 0.255. The molecule has 128 valence electrons. The van der Waals surface area contributed by atoms with E-state index in [4.69, 9.17) is 14.6 Å². The maximum Gasteiger partial charge on any atom is 0.124 e. The monoisotopic (exact) mass is 327 g/mol. The average molecular weight is 327 g/mol. The van der Waals surface area contributed by atoms with Gasteiger partial charge < -0.3 is 14.8 Å². The fourth-order valence-corrected chi connectivity index (χ4v) is 3.57. The second-order valence-electron chi connectivity index (χ2n) is 6.85. The van der Waals surface area contributed by atoms with Gasteiger partial charge in [0.05, 0.1) is 17.8 Å². The van der Waals surface area contributed by atoms with Crippen LogP contribution in [0.25, 0.3) is 0 Å². The highest BCUT2D eigenvalue weighted by molar-refractivity contribution is 5.42. The predicted molar refractivity (Wildman–Crippen MR) is 92.3 cm³/mol. The summed E-state index contributed by atoms with van der Waals surface area (Å²) in [5.41, 5.74) is 4.92. The zero-order valence-corrected chi connectivity index (χ0v) is 14.4. The van der Waals surface area contributed by atoms with Gasteiger partial charge >= 0.3 is 0 Å². The van der Waals surface area contributed by atoms with Crippen LogP contribution in [0.4, 0.5) is 0 Å². The summed E-state index contributed by atoms with van der Waals surface area (Å²) in [6, 6.07) is 7.12. The summed E-state index contributed by atoms with van der Waals surface area (Å²) in [6.45, 7) is 7.41. The van der Waals surface area contributed by atoms with E-state index in [0.29, 0.717) is 12.6 Å². The van der Waals surface area contributed by atoms with Crippen molar-refractivity contribution in [1.29, 1.82) is 0 Å². The quantitative estimate of drug-likeness (QED) is 0.937. The van der Waals surface area contributed by atoms with Gasteiger partial charge in [-0.15, -0.1) is 0 Å². The van der Waals surface area contributed by atoms with Crippen molar-refractivity contribution >= 4 is 0 Å². The van der Waals surface area contributed by atoms with E-state index in [9.17, 15) is 0 Å². The van der Waals surface area contributed by atoms with Gasteiger partial charge in [-0.3, -0.25) is 4.68 Å². The van der Waals surface area contributed by atoms with Crippen molar-refractivity contribution in [3.8, 4) is 5.75 Å². The molecule has 1 aromatic carbocycles. The number of benzene rings is 1. The molecule has 0 saturated carbocycles. The molecule has 24 heavy (non-hydrogen) atoms. The number of rotatable bonds is 4. The second-order valence-corrected chi connectivity index (χ2v) is 6.85. The Hall–Kier alpha value is -1.85. The summed E-state index contributed by atoms with van der Waals surface area (Å²) >= 11 is 0. The molecule has 0 amide bonds. The van der Waals surface area contributed by atoms with Gasteiger partial charge in [-0.2, -0.15) is 5.10 Å². The molecule has 1 fully saturated rings. The van der Waals surface area contributed by atoms with Crippen molar-refractivity contribution in [2.45, 2.75) is 45.3 Å². The van der Waals surface area contributed by atoms with Crippen LogP contribution in [0, 0.1) is 13.8 Å². The van der Waals surface area contributed by atoms with Crippen molar-refractivity contribution in [3.05, 3.63) is 46.8 Å². The molecule has 0 bridgehead atoms. The minimum atomic E-state index is 0.255. The molecule has 3 heterocycles. The lowest BCUT2D eigenvalue weighted by Crippen LogP contribution is -2.22. The van der Waals surface area contributed by atoms with Crippen LogP contribution in [0.15, 0.2) is 24.4 Å². The first-order valence-corrected chi connectivity index (χ1v) is 8.80. The van der Waals surface area contributed by atoms with Gasteiger partial charge in [-0.1, -0.05) is 17.7 Å². The molecular weight excluding hydrogens is 302 g/mol. The SMILES string of the molecule is Cc1ccc2c(c1)C(NCc1cn(C3CCOCC3)nc1C)CO2. The van der Waals surface area contributed by atoms with Crippen molar-refractivity contribution < 1.29 is 9.47 Å². The van der Waals surface area contributed by atoms with Gasteiger partial charge in [0, 0.05) is 37.1 Å². The van der Waals surface area contributed by atoms with E-state index in [1.807, 2.05) is 0 Å². The maximum absolute atomic E-state index is 5.79. The van der Waals surface area contributed by atoms with Gasteiger partial charge in [0.25, 0.3) is 0 Å². The van der Waals surface area contributed by atoms with Gasteiger partial charge in [0.2, 0.25) is 0 Å². The number of fused-ring (bicyclic) bond motifs is 1. The van der Waals surface area contributed by atoms with Crippen molar-refractivity contribution in [2.24, 2.45) is 0 Å². The van der Waals surface area contributed by atoms with Crippen LogP contribution in [0.5, 0.6) is 5.75 Å². The van der Waals surface area contributed by atoms with Crippen LogP contribution in [0.2, 0.25) is 0 Å². The molecule has 1 aromatic heterocycles. The highest BCUT2D eigenvalue weighted by Gasteiger charge is 2.24. The van der Waals surface area contributed by atoms with Crippen LogP contribution in [-0.2, 0) is 11.3 Å². The number of ether oxygens (including phenoxy) is 2. The highest BCUT2D eigenvalue weighted by atomic mass is 16.5. The number of nitrogens with zero attached hydrogens (tertiary/aromatic N) is 2. The lowest BCUT2D eigenvalue weighted by atomic mass is 10.1. The van der Waals surface area contributed by atoms with Crippen LogP contribution in [0.1, 0.15) is 47.3 Å². The Labute approximate surface area is 143 Å². The minimum Gasteiger partial charge on any atom is -0.491 e. The van der Waals surface area contributed by atoms with Crippen molar-refractivity contribution in [3.63, 3.8) is 0 Å². The zero-order valence-electron chi connectivity index (χ0n) is 14.4. The van der Waals surface area contributed by atoms with E-state index in [0.717, 1.165) is 44.0 Å². The summed E-state index contributed by atoms with van der Waals surface area (Å²) in [4.78, 5) is 0. The lowest BCUT2D eigenvalue weighted by Gasteiger charge is -2.22. The Morgan fingerprint density at radius 3 is 2.92 bits per heavy atom. The smallest absolute Gasteiger partial charge is 0.124 e. The normalized spacial score (nSPS) is 20.8. The zero-order chi connectivity index (χ0) is 16.5. The summed E-state index contributed by atoms with van der Waals surface area (Å²) < 4.78 is 13.4. The van der Waals surface area contributed by atoms with E-state index < -0.39 is 0 Å². The van der Waals surface area contributed by atoms with E-state index in [-0.39, 0.29) is 6.04 Å². The average Bonchev–Trinajstić information content (AvgIpc) is 3.17. The molecule has 2 aromatic rings. The van der Waals surface area contributed by atoms with Crippen LogP contribution in [0.3, 0.4) is 0 Å². The first-order chi connectivity index (χ1) is 11.7. The Morgan fingerprint density at radius 2 is 2.08 bits per heavy atom. The molecule has 1 saturated heterocycles. The van der Waals surface area contributed by atoms with E-state index in [1.165, 1.54) is 16.7 Å². The highest BCUT2D eigenvalue weighted by Crippen LogP contribution is 2.33. The molecule has 4 rings (SSSR count). The van der Waals surface area contributed by atoms with E-state index >= 15 is 0 Å². The standard InChI is InChI=1S/C19H25N3O2/c1-13-3-4-19-17(9-13)18(12-24-19)20-10-15-11-22(21-14(15)2)16-5-7-23-8-6-16/h3-4,9,11,16,18,20H,5-8,10,12H2,1-2H3. The first-order valence-electron chi connectivity index (χ1n) is 8.80. The Kier molecular flexibility index (Phi) is 4.29. The van der Waals surface area contributed by atoms with Gasteiger partial charge in [0.15, 0.2) is 0 Å². The summed E-state index contributed by atoms with van der Waals surface area (Å²) in [5, 5.41) is 8.36. The molecule has 1 N–H and O–H groups in total. The molecule has 0 aliphatic carbocycles. The topological polar surface area (TPSA) is 48.3 Å². The molecule has 5 heteroatoms. The first kappa shape index (κ1) is 15.7. The van der Waals surface area contributed by atoms with Crippen LogP contribution < -0.4 is 10.1 Å². The number of nitrogens with one attached hydrogen (secondary N) is 1. The van der Waals surface area contributed by atoms with Gasteiger partial charge in [0.1, 0.15) is 12.4 Å². The number of aryl methyl sites for hydroxylation is 2. The lowest BCUT2D eigenvalue weighted by molar-refractivity contribution is 0.0661. The van der Waals surface area contributed by atoms with E-state index in [2.05, 4.69) is 48.2 Å². The second kappa shape index (κ2) is 6.57. The number of aromatic nitrogens is 2. The van der Waals surface area contributed by atoms with Gasteiger partial charge in [-0.25, -0.2) is 0 Å². The molecule has 1 atom stereocenters. The molecule has 1 unspecified atom stereocenters. The number of hydrogen-bond acceptors (Lipinski definition) is 4. The summed E-state index contributed by atoms with van der Waals surface area (Å²) in [6.07, 6.45) is 4.31. The largest absolute Gasteiger partial charge is 0.491 e. The molecule has 2 aliphatic rings. The Balaban J connectivity index is 1.44. The van der Waals surface area contributed by atoms with Gasteiger partial charge in [-0.05, 0) is 32.8 Å². The van der Waals surface area contributed by atoms with Crippen molar-refractivity contribution in [1.82, 2.24) is 15.1 Å². The Morgan fingerprint density at radius 1 is 1.25 bits per heavy atom. The molecule has 0 radical (unpaired) electrons. The van der Waals surface area contributed by atoms with Crippen molar-refractivity contribution in [2.75, 3.05) is 19.8 Å². The summed E-state index contributed by atoms with van der Waals surface area (Å²) in [5.74, 6) is 1.01. The molecule has 2 aliphatic heterocycles. The van der Waals surface area contributed by atoms with Crippen LogP contribution in [-0.4, -0.2) is 29.6 Å². The molecule has 5 nitrogen and oxygen atoms in total. The Bertz CT molecular complexity index is 719. The fourth-order valence-electron chi connectivity index (χ4n) is 3.57. The molecule has 0 spiro atoms. The third-order valence-corrected chi connectivity index (χ3v) is 5.07. The maximum atomic E-state index is 5.79. The fraction of sp³-hybridized carbons (Fsp3) is 0.526. The summed E-state index contributed by atoms with van der Waals surface area (Å²) in [7, 11) is 0. The number of hydrogen-bond donors (Lipinski definition) is 1. The third-order valence-electron chi connectivity index (χ3n) is 5.07. The third kappa shape index (κ3) is 3.06. The molecular formula is C19H25N3O2. The predicted octanol–water partition coefficient (Wildman–Crippen LogP) is 3.07.